The number of nitrogens with two attached hydrogens (primary N) is 1. The fourth-order valence-electron chi connectivity index (χ4n) is 3.20. The van der Waals surface area contributed by atoms with Crippen molar-refractivity contribution < 1.29 is 4.79 Å². The first kappa shape index (κ1) is 19.2. The predicted octanol–water partition coefficient (Wildman–Crippen LogP) is 4.13. The average Bonchev–Trinajstić information content (AvgIpc) is 2.54. The second-order valence-electron chi connectivity index (χ2n) is 7.40. The molecule has 0 spiro atoms. The van der Waals surface area contributed by atoms with Gasteiger partial charge in [-0.3, -0.25) is 4.79 Å². The molecule has 3 nitrogen and oxygen atoms in total. The van der Waals surface area contributed by atoms with Gasteiger partial charge in [-0.1, -0.05) is 52.5 Å². The maximum atomic E-state index is 12.2. The summed E-state index contributed by atoms with van der Waals surface area (Å²) in [4.78, 5) is 14.2. The molecule has 0 aliphatic carbocycles. The van der Waals surface area contributed by atoms with E-state index in [1.807, 2.05) is 4.90 Å². The molecule has 1 heterocycles. The topological polar surface area (TPSA) is 46.3 Å². The SMILES string of the molecule is CCCCCCC/C=C/C(=O)N1CCC(C(C)(C)CN)CC1. The number of allylic oxidation sites excluding steroid dienone is 1. The molecule has 1 saturated heterocycles. The van der Waals surface area contributed by atoms with Gasteiger partial charge < -0.3 is 10.6 Å². The molecule has 1 aliphatic heterocycles. The molecule has 1 fully saturated rings. The molecule has 22 heavy (non-hydrogen) atoms. The molecule has 3 heteroatoms. The summed E-state index contributed by atoms with van der Waals surface area (Å²) < 4.78 is 0. The number of piperidine rings is 1. The summed E-state index contributed by atoms with van der Waals surface area (Å²) >= 11 is 0. The molecule has 1 amide bonds. The van der Waals surface area contributed by atoms with Gasteiger partial charge in [0.2, 0.25) is 5.91 Å². The highest BCUT2D eigenvalue weighted by atomic mass is 16.2. The standard InChI is InChI=1S/C19H36N2O/c1-4-5-6-7-8-9-10-11-18(22)21-14-12-17(13-15-21)19(2,3)16-20/h10-11,17H,4-9,12-16,20H2,1-3H3/b11-10+. The second kappa shape index (κ2) is 10.0. The van der Waals surface area contributed by atoms with Crippen LogP contribution in [-0.2, 0) is 4.79 Å². The van der Waals surface area contributed by atoms with Gasteiger partial charge >= 0.3 is 0 Å². The lowest BCUT2D eigenvalue weighted by atomic mass is 9.74. The molecule has 2 N–H and O–H groups in total. The molecule has 0 aromatic carbocycles. The van der Waals surface area contributed by atoms with Crippen LogP contribution in [0.3, 0.4) is 0 Å². The molecule has 0 aromatic heterocycles. The van der Waals surface area contributed by atoms with Crippen LogP contribution in [-0.4, -0.2) is 30.4 Å². The van der Waals surface area contributed by atoms with Crippen molar-refractivity contribution in [1.29, 1.82) is 0 Å². The summed E-state index contributed by atoms with van der Waals surface area (Å²) in [6.45, 7) is 9.21. The average molecular weight is 309 g/mol. The highest BCUT2D eigenvalue weighted by Gasteiger charge is 2.32. The lowest BCUT2D eigenvalue weighted by Gasteiger charge is -2.39. The van der Waals surface area contributed by atoms with Gasteiger partial charge in [-0.25, -0.2) is 0 Å². The van der Waals surface area contributed by atoms with Crippen molar-refractivity contribution in [1.82, 2.24) is 4.90 Å². The van der Waals surface area contributed by atoms with Crippen LogP contribution in [0.15, 0.2) is 12.2 Å². The number of unbranched alkanes of at least 4 members (excludes halogenated alkanes) is 5. The molecule has 0 atom stereocenters. The number of hydrogen-bond donors (Lipinski definition) is 1. The molecule has 0 radical (unpaired) electrons. The molecular formula is C19H36N2O. The van der Waals surface area contributed by atoms with E-state index in [0.29, 0.717) is 5.92 Å². The Hall–Kier alpha value is -0.830. The highest BCUT2D eigenvalue weighted by Crippen LogP contribution is 2.33. The first-order valence-corrected chi connectivity index (χ1v) is 9.16. The number of hydrogen-bond acceptors (Lipinski definition) is 2. The monoisotopic (exact) mass is 308 g/mol. The smallest absolute Gasteiger partial charge is 0.246 e. The number of rotatable bonds is 9. The van der Waals surface area contributed by atoms with Gasteiger partial charge in [-0.2, -0.15) is 0 Å². The third-order valence-corrected chi connectivity index (χ3v) is 5.17. The van der Waals surface area contributed by atoms with Gasteiger partial charge in [0.05, 0.1) is 0 Å². The van der Waals surface area contributed by atoms with Crippen molar-refractivity contribution in [2.75, 3.05) is 19.6 Å². The Balaban J connectivity index is 2.22. The van der Waals surface area contributed by atoms with E-state index < -0.39 is 0 Å². The lowest BCUT2D eigenvalue weighted by molar-refractivity contribution is -0.127. The van der Waals surface area contributed by atoms with Crippen LogP contribution in [0, 0.1) is 11.3 Å². The summed E-state index contributed by atoms with van der Waals surface area (Å²) in [6.07, 6.45) is 13.5. The summed E-state index contributed by atoms with van der Waals surface area (Å²) in [5.41, 5.74) is 6.06. The zero-order valence-corrected chi connectivity index (χ0v) is 14.9. The van der Waals surface area contributed by atoms with Gasteiger partial charge in [0.1, 0.15) is 0 Å². The zero-order valence-electron chi connectivity index (χ0n) is 14.9. The summed E-state index contributed by atoms with van der Waals surface area (Å²) in [6, 6.07) is 0. The minimum Gasteiger partial charge on any atom is -0.339 e. The van der Waals surface area contributed by atoms with Crippen molar-refractivity contribution >= 4 is 5.91 Å². The van der Waals surface area contributed by atoms with E-state index in [1.54, 1.807) is 6.08 Å². The third-order valence-electron chi connectivity index (χ3n) is 5.17. The fraction of sp³-hybridized carbons (Fsp3) is 0.842. The quantitative estimate of drug-likeness (QED) is 0.514. The summed E-state index contributed by atoms with van der Waals surface area (Å²) in [5, 5.41) is 0. The van der Waals surface area contributed by atoms with E-state index in [9.17, 15) is 4.79 Å². The van der Waals surface area contributed by atoms with E-state index in [1.165, 1.54) is 32.1 Å². The van der Waals surface area contributed by atoms with Crippen molar-refractivity contribution in [2.45, 2.75) is 72.1 Å². The van der Waals surface area contributed by atoms with E-state index in [0.717, 1.165) is 38.9 Å². The molecule has 1 aliphatic rings. The Morgan fingerprint density at radius 3 is 2.41 bits per heavy atom. The van der Waals surface area contributed by atoms with Crippen LogP contribution < -0.4 is 5.73 Å². The zero-order chi connectivity index (χ0) is 16.4. The Labute approximate surface area is 137 Å². The highest BCUT2D eigenvalue weighted by molar-refractivity contribution is 5.87. The van der Waals surface area contributed by atoms with Crippen LogP contribution >= 0.6 is 0 Å². The Morgan fingerprint density at radius 1 is 1.18 bits per heavy atom. The minimum atomic E-state index is 0.192. The van der Waals surface area contributed by atoms with Gasteiger partial charge in [-0.05, 0) is 49.6 Å². The maximum Gasteiger partial charge on any atom is 0.246 e. The Kier molecular flexibility index (Phi) is 8.77. The number of carbonyl (C=O) groups excluding carboxylic acids is 1. The van der Waals surface area contributed by atoms with Crippen molar-refractivity contribution in [3.05, 3.63) is 12.2 Å². The van der Waals surface area contributed by atoms with Gasteiger partial charge in [0, 0.05) is 13.1 Å². The van der Waals surface area contributed by atoms with E-state index >= 15 is 0 Å². The molecule has 0 saturated carbocycles. The van der Waals surface area contributed by atoms with Crippen molar-refractivity contribution in [2.24, 2.45) is 17.1 Å². The van der Waals surface area contributed by atoms with Crippen LogP contribution in [0.4, 0.5) is 0 Å². The summed E-state index contributed by atoms with van der Waals surface area (Å²) in [7, 11) is 0. The predicted molar refractivity (Wildman–Crippen MR) is 94.7 cm³/mol. The number of nitrogens with zero attached hydrogens (tertiary/aromatic N) is 1. The molecule has 128 valence electrons. The Morgan fingerprint density at radius 2 is 1.82 bits per heavy atom. The van der Waals surface area contributed by atoms with Crippen molar-refractivity contribution in [3.8, 4) is 0 Å². The van der Waals surface area contributed by atoms with Crippen molar-refractivity contribution in [3.63, 3.8) is 0 Å². The van der Waals surface area contributed by atoms with Crippen LogP contribution in [0.25, 0.3) is 0 Å². The fourth-order valence-corrected chi connectivity index (χ4v) is 3.20. The Bertz CT molecular complexity index is 341. The van der Waals surface area contributed by atoms with Gasteiger partial charge in [-0.15, -0.1) is 0 Å². The molecular weight excluding hydrogens is 272 g/mol. The van der Waals surface area contributed by atoms with E-state index in [2.05, 4.69) is 26.8 Å². The summed E-state index contributed by atoms with van der Waals surface area (Å²) in [5.74, 6) is 0.835. The number of carbonyl (C=O) groups is 1. The minimum absolute atomic E-state index is 0.192. The molecule has 0 bridgehead atoms. The molecule has 0 aromatic rings. The maximum absolute atomic E-state index is 12.2. The molecule has 1 rings (SSSR count). The second-order valence-corrected chi connectivity index (χ2v) is 7.40. The van der Waals surface area contributed by atoms with Crippen LogP contribution in [0.2, 0.25) is 0 Å². The normalized spacial score (nSPS) is 17.4. The third kappa shape index (κ3) is 6.51. The van der Waals surface area contributed by atoms with E-state index in [4.69, 9.17) is 5.73 Å². The van der Waals surface area contributed by atoms with Crippen LogP contribution in [0.5, 0.6) is 0 Å². The number of likely N-dealkylation sites (tertiary alicyclic amines) is 1. The largest absolute Gasteiger partial charge is 0.339 e. The molecule has 0 unspecified atom stereocenters. The first-order chi connectivity index (χ1) is 10.5. The van der Waals surface area contributed by atoms with Gasteiger partial charge in [0.15, 0.2) is 0 Å². The van der Waals surface area contributed by atoms with Gasteiger partial charge in [0.25, 0.3) is 0 Å². The number of amides is 1. The lowest BCUT2D eigenvalue weighted by Crippen LogP contribution is -2.43. The van der Waals surface area contributed by atoms with Crippen LogP contribution in [0.1, 0.15) is 72.1 Å². The van der Waals surface area contributed by atoms with E-state index in [-0.39, 0.29) is 11.3 Å². The first-order valence-electron chi connectivity index (χ1n) is 9.16.